The summed E-state index contributed by atoms with van der Waals surface area (Å²) in [6.45, 7) is 2.38. The highest BCUT2D eigenvalue weighted by atomic mass is 32.1. The Morgan fingerprint density at radius 3 is 2.67 bits per heavy atom. The summed E-state index contributed by atoms with van der Waals surface area (Å²) in [5.74, 6) is 5.14. The predicted molar refractivity (Wildman–Crippen MR) is 72.3 cm³/mol. The highest BCUT2D eigenvalue weighted by molar-refractivity contribution is 7.09. The second-order valence-electron chi connectivity index (χ2n) is 3.79. The molecule has 0 aliphatic carbocycles. The van der Waals surface area contributed by atoms with Crippen LogP contribution in [0.5, 0.6) is 0 Å². The van der Waals surface area contributed by atoms with Crippen LogP contribution in [0.25, 0.3) is 0 Å². The molecular formula is C12H14N4OS. The zero-order valence-electron chi connectivity index (χ0n) is 9.93. The average molecular weight is 262 g/mol. The second-order valence-corrected chi connectivity index (χ2v) is 4.73. The van der Waals surface area contributed by atoms with E-state index in [-0.39, 0.29) is 5.91 Å². The molecular weight excluding hydrogens is 248 g/mol. The van der Waals surface area contributed by atoms with Gasteiger partial charge in [0.05, 0.1) is 6.54 Å². The summed E-state index contributed by atoms with van der Waals surface area (Å²) >= 11 is 1.54. The minimum absolute atomic E-state index is 0.119. The van der Waals surface area contributed by atoms with E-state index in [0.717, 1.165) is 16.4 Å². The third-order valence-electron chi connectivity index (χ3n) is 2.38. The molecule has 1 aromatic heterocycles. The molecule has 0 fully saturated rings. The van der Waals surface area contributed by atoms with Crippen molar-refractivity contribution in [2.45, 2.75) is 13.5 Å². The number of amides is 1. The molecule has 0 bridgehead atoms. The zero-order valence-corrected chi connectivity index (χ0v) is 10.8. The Hall–Kier alpha value is -1.92. The molecule has 0 atom stereocenters. The van der Waals surface area contributed by atoms with Gasteiger partial charge in [0.2, 0.25) is 0 Å². The summed E-state index contributed by atoms with van der Waals surface area (Å²) in [6.07, 6.45) is 0. The molecule has 2 rings (SSSR count). The molecule has 94 valence electrons. The van der Waals surface area contributed by atoms with Gasteiger partial charge in [0.25, 0.3) is 5.91 Å². The second kappa shape index (κ2) is 5.61. The first kappa shape index (κ1) is 12.5. The Bertz CT molecular complexity index is 535. The quantitative estimate of drug-likeness (QED) is 0.578. The number of carbonyl (C=O) groups is 1. The van der Waals surface area contributed by atoms with E-state index in [2.05, 4.69) is 15.7 Å². The van der Waals surface area contributed by atoms with Crippen molar-refractivity contribution in [2.75, 3.05) is 5.43 Å². The van der Waals surface area contributed by atoms with Crippen molar-refractivity contribution in [3.63, 3.8) is 0 Å². The van der Waals surface area contributed by atoms with Crippen molar-refractivity contribution in [2.24, 2.45) is 5.84 Å². The maximum Gasteiger partial charge on any atom is 0.251 e. The number of nitrogen functional groups attached to an aromatic ring is 1. The van der Waals surface area contributed by atoms with Crippen molar-refractivity contribution in [3.05, 3.63) is 45.9 Å². The van der Waals surface area contributed by atoms with Gasteiger partial charge in [0.1, 0.15) is 5.01 Å². The lowest BCUT2D eigenvalue weighted by Crippen LogP contribution is -2.22. The van der Waals surface area contributed by atoms with E-state index in [9.17, 15) is 4.79 Å². The molecule has 6 heteroatoms. The number of hydrogen-bond donors (Lipinski definition) is 3. The number of benzene rings is 1. The number of anilines is 1. The molecule has 0 saturated heterocycles. The van der Waals surface area contributed by atoms with Gasteiger partial charge in [-0.3, -0.25) is 10.6 Å². The summed E-state index contributed by atoms with van der Waals surface area (Å²) in [5.41, 5.74) is 4.85. The van der Waals surface area contributed by atoms with Crippen LogP contribution in [0.3, 0.4) is 0 Å². The monoisotopic (exact) mass is 262 g/mol. The number of thiazole rings is 1. The lowest BCUT2D eigenvalue weighted by molar-refractivity contribution is 0.0951. The topological polar surface area (TPSA) is 80.0 Å². The first-order valence-corrected chi connectivity index (χ1v) is 6.33. The summed E-state index contributed by atoms with van der Waals surface area (Å²) in [7, 11) is 0. The van der Waals surface area contributed by atoms with E-state index in [1.54, 1.807) is 35.6 Å². The number of carbonyl (C=O) groups excluding carboxylic acids is 1. The smallest absolute Gasteiger partial charge is 0.251 e. The number of hydrazine groups is 1. The summed E-state index contributed by atoms with van der Waals surface area (Å²) < 4.78 is 0. The Morgan fingerprint density at radius 1 is 1.39 bits per heavy atom. The maximum absolute atomic E-state index is 11.8. The minimum atomic E-state index is -0.119. The highest BCUT2D eigenvalue weighted by Gasteiger charge is 2.06. The summed E-state index contributed by atoms with van der Waals surface area (Å²) in [6, 6.07) is 6.94. The Morgan fingerprint density at radius 2 is 2.11 bits per heavy atom. The lowest BCUT2D eigenvalue weighted by Gasteiger charge is -2.04. The number of nitrogens with one attached hydrogen (secondary N) is 2. The zero-order chi connectivity index (χ0) is 13.0. The van der Waals surface area contributed by atoms with Gasteiger partial charge in [-0.2, -0.15) is 0 Å². The van der Waals surface area contributed by atoms with Gasteiger partial charge in [-0.1, -0.05) is 0 Å². The largest absolute Gasteiger partial charge is 0.346 e. The van der Waals surface area contributed by atoms with Crippen LogP contribution in [0.4, 0.5) is 5.69 Å². The fraction of sp³-hybridized carbons (Fsp3) is 0.167. The van der Waals surface area contributed by atoms with Gasteiger partial charge in [0.15, 0.2) is 0 Å². The Balaban J connectivity index is 1.94. The molecule has 0 aliphatic rings. The van der Waals surface area contributed by atoms with Crippen molar-refractivity contribution in [1.29, 1.82) is 0 Å². The van der Waals surface area contributed by atoms with E-state index in [1.807, 2.05) is 12.3 Å². The minimum Gasteiger partial charge on any atom is -0.346 e. The van der Waals surface area contributed by atoms with Gasteiger partial charge >= 0.3 is 0 Å². The number of rotatable bonds is 4. The van der Waals surface area contributed by atoms with E-state index >= 15 is 0 Å². The molecule has 2 aromatic rings. The van der Waals surface area contributed by atoms with Crippen LogP contribution in [0.15, 0.2) is 29.6 Å². The molecule has 5 nitrogen and oxygen atoms in total. The van der Waals surface area contributed by atoms with Crippen LogP contribution in [0.2, 0.25) is 0 Å². The molecule has 1 aromatic carbocycles. The standard InChI is InChI=1S/C12H14N4OS/c1-8-7-18-11(15-8)6-14-12(17)9-2-4-10(16-13)5-3-9/h2-5,7,16H,6,13H2,1H3,(H,14,17). The third-order valence-corrected chi connectivity index (χ3v) is 3.35. The third kappa shape index (κ3) is 3.06. The van der Waals surface area contributed by atoms with Gasteiger partial charge in [-0.05, 0) is 31.2 Å². The Labute approximate surface area is 109 Å². The number of nitrogens with two attached hydrogens (primary N) is 1. The summed E-state index contributed by atoms with van der Waals surface area (Å²) in [4.78, 5) is 16.1. The number of nitrogens with zero attached hydrogens (tertiary/aromatic N) is 1. The molecule has 0 aliphatic heterocycles. The van der Waals surface area contributed by atoms with Gasteiger partial charge < -0.3 is 10.7 Å². The Kier molecular flexibility index (Phi) is 3.91. The van der Waals surface area contributed by atoms with E-state index < -0.39 is 0 Å². The molecule has 18 heavy (non-hydrogen) atoms. The number of hydrogen-bond acceptors (Lipinski definition) is 5. The molecule has 1 heterocycles. The molecule has 4 N–H and O–H groups in total. The van der Waals surface area contributed by atoms with Gasteiger partial charge in [0, 0.05) is 22.3 Å². The molecule has 1 amide bonds. The number of aromatic nitrogens is 1. The maximum atomic E-state index is 11.8. The first-order valence-electron chi connectivity index (χ1n) is 5.45. The van der Waals surface area contributed by atoms with Crippen LogP contribution < -0.4 is 16.6 Å². The SMILES string of the molecule is Cc1csc(CNC(=O)c2ccc(NN)cc2)n1. The van der Waals surface area contributed by atoms with E-state index in [4.69, 9.17) is 5.84 Å². The van der Waals surface area contributed by atoms with Crippen LogP contribution in [-0.2, 0) is 6.54 Å². The van der Waals surface area contributed by atoms with Crippen LogP contribution >= 0.6 is 11.3 Å². The van der Waals surface area contributed by atoms with E-state index in [1.165, 1.54) is 0 Å². The van der Waals surface area contributed by atoms with Crippen molar-refractivity contribution in [3.8, 4) is 0 Å². The van der Waals surface area contributed by atoms with Crippen LogP contribution in [0, 0.1) is 6.92 Å². The molecule has 0 saturated carbocycles. The van der Waals surface area contributed by atoms with Crippen molar-refractivity contribution < 1.29 is 4.79 Å². The first-order chi connectivity index (χ1) is 8.69. The van der Waals surface area contributed by atoms with Crippen molar-refractivity contribution in [1.82, 2.24) is 10.3 Å². The average Bonchev–Trinajstić information content (AvgIpc) is 2.82. The predicted octanol–water partition coefficient (Wildman–Crippen LogP) is 1.67. The van der Waals surface area contributed by atoms with Gasteiger partial charge in [-0.15, -0.1) is 11.3 Å². The van der Waals surface area contributed by atoms with E-state index in [0.29, 0.717) is 12.1 Å². The summed E-state index contributed by atoms with van der Waals surface area (Å²) in [5, 5.41) is 5.69. The lowest BCUT2D eigenvalue weighted by atomic mass is 10.2. The van der Waals surface area contributed by atoms with Crippen LogP contribution in [-0.4, -0.2) is 10.9 Å². The fourth-order valence-corrected chi connectivity index (χ4v) is 2.17. The van der Waals surface area contributed by atoms with Crippen LogP contribution in [0.1, 0.15) is 21.1 Å². The van der Waals surface area contributed by atoms with Gasteiger partial charge in [-0.25, -0.2) is 4.98 Å². The highest BCUT2D eigenvalue weighted by Crippen LogP contribution is 2.10. The molecule has 0 unspecified atom stereocenters. The fourth-order valence-electron chi connectivity index (χ4n) is 1.46. The molecule has 0 spiro atoms. The molecule has 0 radical (unpaired) electrons. The normalized spacial score (nSPS) is 10.1. The number of aryl methyl sites for hydroxylation is 1. The van der Waals surface area contributed by atoms with Crippen molar-refractivity contribution >= 4 is 22.9 Å².